The number of carbonyl (C=O) groups excluding carboxylic acids is 1. The van der Waals surface area contributed by atoms with E-state index in [0.717, 1.165) is 26.2 Å². The van der Waals surface area contributed by atoms with Gasteiger partial charge in [-0.2, -0.15) is 0 Å². The zero-order valence-corrected chi connectivity index (χ0v) is 11.6. The zero-order chi connectivity index (χ0) is 13.3. The summed E-state index contributed by atoms with van der Waals surface area (Å²) >= 11 is 0. The van der Waals surface area contributed by atoms with Crippen LogP contribution in [0.1, 0.15) is 27.7 Å². The van der Waals surface area contributed by atoms with Crippen LogP contribution in [0, 0.1) is 0 Å². The number of amides is 1. The second-order valence-corrected chi connectivity index (χ2v) is 4.29. The Bertz CT molecular complexity index is 224. The minimum absolute atomic E-state index is 0.311. The first-order valence-corrected chi connectivity index (χ1v) is 6.35. The lowest BCUT2D eigenvalue weighted by atomic mass is 10.0. The maximum Gasteiger partial charge on any atom is 0.238 e. The van der Waals surface area contributed by atoms with Crippen LogP contribution in [0.25, 0.3) is 0 Å². The number of rotatable bonds is 10. The van der Waals surface area contributed by atoms with E-state index >= 15 is 0 Å². The summed E-state index contributed by atoms with van der Waals surface area (Å²) in [6.45, 7) is 12.3. The van der Waals surface area contributed by atoms with E-state index in [4.69, 9.17) is 10.5 Å². The molecule has 0 aliphatic carbocycles. The van der Waals surface area contributed by atoms with Gasteiger partial charge < -0.3 is 15.8 Å². The van der Waals surface area contributed by atoms with Crippen LogP contribution in [0.4, 0.5) is 0 Å². The molecule has 0 aromatic carbocycles. The third-order valence-corrected chi connectivity index (χ3v) is 2.85. The number of nitrogens with two attached hydrogens (primary N) is 1. The van der Waals surface area contributed by atoms with Crippen LogP contribution < -0.4 is 11.1 Å². The molecule has 1 amide bonds. The van der Waals surface area contributed by atoms with Crippen LogP contribution in [0.3, 0.4) is 0 Å². The summed E-state index contributed by atoms with van der Waals surface area (Å²) in [6, 6.07) is 0. The summed E-state index contributed by atoms with van der Waals surface area (Å²) in [6.07, 6.45) is 0. The molecule has 5 heteroatoms. The Kier molecular flexibility index (Phi) is 8.12. The van der Waals surface area contributed by atoms with Crippen LogP contribution in [-0.2, 0) is 9.53 Å². The molecule has 0 spiro atoms. The molecule has 17 heavy (non-hydrogen) atoms. The predicted octanol–water partition coefficient (Wildman–Crippen LogP) is 0.198. The van der Waals surface area contributed by atoms with Gasteiger partial charge in [0.15, 0.2) is 0 Å². The Morgan fingerprint density at radius 2 is 2.06 bits per heavy atom. The van der Waals surface area contributed by atoms with Crippen LogP contribution >= 0.6 is 0 Å². The summed E-state index contributed by atoms with van der Waals surface area (Å²) in [5.74, 6) is -0.311. The molecule has 0 saturated carbocycles. The summed E-state index contributed by atoms with van der Waals surface area (Å²) in [5, 5.41) is 3.16. The summed E-state index contributed by atoms with van der Waals surface area (Å²) < 4.78 is 5.32. The highest BCUT2D eigenvalue weighted by atomic mass is 16.5. The minimum Gasteiger partial charge on any atom is -0.380 e. The fourth-order valence-electron chi connectivity index (χ4n) is 1.75. The van der Waals surface area contributed by atoms with Gasteiger partial charge in [-0.3, -0.25) is 9.69 Å². The standard InChI is InChI=1S/C12H27N3O2/c1-5-14-12(4,11(13)16)10-15(6-2)8-9-17-7-3/h14H,5-10H2,1-4H3,(H2,13,16). The minimum atomic E-state index is -0.670. The zero-order valence-electron chi connectivity index (χ0n) is 11.6. The van der Waals surface area contributed by atoms with Gasteiger partial charge in [0.25, 0.3) is 0 Å². The highest BCUT2D eigenvalue weighted by Gasteiger charge is 2.31. The Labute approximate surface area is 105 Å². The molecule has 0 aliphatic rings. The molecular formula is C12H27N3O2. The first-order valence-electron chi connectivity index (χ1n) is 6.35. The summed E-state index contributed by atoms with van der Waals surface area (Å²) in [5.41, 5.74) is 4.79. The van der Waals surface area contributed by atoms with E-state index in [2.05, 4.69) is 17.1 Å². The molecule has 0 aliphatic heterocycles. The van der Waals surface area contributed by atoms with Crippen LogP contribution in [0.2, 0.25) is 0 Å². The molecule has 0 saturated heterocycles. The van der Waals surface area contributed by atoms with Gasteiger partial charge in [-0.25, -0.2) is 0 Å². The van der Waals surface area contributed by atoms with Crippen molar-refractivity contribution in [1.82, 2.24) is 10.2 Å². The second kappa shape index (κ2) is 8.44. The molecule has 0 radical (unpaired) electrons. The monoisotopic (exact) mass is 245 g/mol. The first-order chi connectivity index (χ1) is 8.00. The average Bonchev–Trinajstić information content (AvgIpc) is 2.28. The fourth-order valence-corrected chi connectivity index (χ4v) is 1.75. The number of hydrogen-bond acceptors (Lipinski definition) is 4. The van der Waals surface area contributed by atoms with Gasteiger partial charge in [0.2, 0.25) is 5.91 Å². The van der Waals surface area contributed by atoms with E-state index in [1.807, 2.05) is 20.8 Å². The first kappa shape index (κ1) is 16.4. The van der Waals surface area contributed by atoms with Crippen molar-refractivity contribution in [2.45, 2.75) is 33.2 Å². The number of ether oxygens (including phenoxy) is 1. The number of carbonyl (C=O) groups is 1. The molecule has 5 nitrogen and oxygen atoms in total. The summed E-state index contributed by atoms with van der Waals surface area (Å²) in [4.78, 5) is 13.7. The predicted molar refractivity (Wildman–Crippen MR) is 69.9 cm³/mol. The molecule has 0 rings (SSSR count). The van der Waals surface area contributed by atoms with Crippen molar-refractivity contribution < 1.29 is 9.53 Å². The van der Waals surface area contributed by atoms with Crippen molar-refractivity contribution in [3.8, 4) is 0 Å². The molecule has 0 heterocycles. The normalized spacial score (nSPS) is 14.9. The van der Waals surface area contributed by atoms with Crippen molar-refractivity contribution in [3.05, 3.63) is 0 Å². The van der Waals surface area contributed by atoms with Gasteiger partial charge in [-0.1, -0.05) is 13.8 Å². The molecule has 102 valence electrons. The average molecular weight is 245 g/mol. The SMILES string of the molecule is CCNC(C)(CN(CC)CCOCC)C(N)=O. The van der Waals surface area contributed by atoms with Gasteiger partial charge >= 0.3 is 0 Å². The lowest BCUT2D eigenvalue weighted by Crippen LogP contribution is -2.59. The Hall–Kier alpha value is -0.650. The van der Waals surface area contributed by atoms with E-state index in [1.54, 1.807) is 0 Å². The van der Waals surface area contributed by atoms with Gasteiger partial charge in [-0.15, -0.1) is 0 Å². The highest BCUT2D eigenvalue weighted by molar-refractivity contribution is 5.84. The third kappa shape index (κ3) is 6.00. The van der Waals surface area contributed by atoms with Crippen molar-refractivity contribution in [1.29, 1.82) is 0 Å². The number of nitrogens with one attached hydrogen (secondary N) is 1. The molecule has 0 aromatic rings. The van der Waals surface area contributed by atoms with E-state index < -0.39 is 5.54 Å². The molecular weight excluding hydrogens is 218 g/mol. The van der Waals surface area contributed by atoms with E-state index in [-0.39, 0.29) is 5.91 Å². The van der Waals surface area contributed by atoms with Crippen molar-refractivity contribution in [3.63, 3.8) is 0 Å². The van der Waals surface area contributed by atoms with Gasteiger partial charge in [0, 0.05) is 19.7 Å². The van der Waals surface area contributed by atoms with E-state index in [0.29, 0.717) is 13.2 Å². The molecule has 0 fully saturated rings. The fraction of sp³-hybridized carbons (Fsp3) is 0.917. The van der Waals surface area contributed by atoms with Gasteiger partial charge in [-0.05, 0) is 26.9 Å². The van der Waals surface area contributed by atoms with Crippen LogP contribution in [0.5, 0.6) is 0 Å². The molecule has 0 aromatic heterocycles. The topological polar surface area (TPSA) is 67.6 Å². The van der Waals surface area contributed by atoms with Crippen LogP contribution in [-0.4, -0.2) is 55.7 Å². The van der Waals surface area contributed by atoms with E-state index in [9.17, 15) is 4.79 Å². The Morgan fingerprint density at radius 3 is 2.47 bits per heavy atom. The molecule has 0 bridgehead atoms. The quantitative estimate of drug-likeness (QED) is 0.540. The lowest BCUT2D eigenvalue weighted by molar-refractivity contribution is -0.124. The van der Waals surface area contributed by atoms with E-state index in [1.165, 1.54) is 0 Å². The Balaban J connectivity index is 4.33. The largest absolute Gasteiger partial charge is 0.380 e. The second-order valence-electron chi connectivity index (χ2n) is 4.29. The van der Waals surface area contributed by atoms with Crippen molar-refractivity contribution in [2.24, 2.45) is 5.73 Å². The van der Waals surface area contributed by atoms with Crippen molar-refractivity contribution in [2.75, 3.05) is 39.4 Å². The number of likely N-dealkylation sites (N-methyl/N-ethyl adjacent to an activating group) is 2. The van der Waals surface area contributed by atoms with Gasteiger partial charge in [0.05, 0.1) is 6.61 Å². The number of primary amides is 1. The number of hydrogen-bond donors (Lipinski definition) is 2. The highest BCUT2D eigenvalue weighted by Crippen LogP contribution is 2.06. The molecule has 3 N–H and O–H groups in total. The molecule has 1 unspecified atom stereocenters. The third-order valence-electron chi connectivity index (χ3n) is 2.85. The Morgan fingerprint density at radius 1 is 1.41 bits per heavy atom. The number of nitrogens with zero attached hydrogens (tertiary/aromatic N) is 1. The smallest absolute Gasteiger partial charge is 0.238 e. The van der Waals surface area contributed by atoms with Crippen LogP contribution in [0.15, 0.2) is 0 Å². The van der Waals surface area contributed by atoms with Crippen molar-refractivity contribution >= 4 is 5.91 Å². The summed E-state index contributed by atoms with van der Waals surface area (Å²) in [7, 11) is 0. The lowest BCUT2D eigenvalue weighted by Gasteiger charge is -2.33. The maximum absolute atomic E-state index is 11.5. The maximum atomic E-state index is 11.5. The molecule has 1 atom stereocenters. The van der Waals surface area contributed by atoms with Gasteiger partial charge in [0.1, 0.15) is 5.54 Å².